The zero-order chi connectivity index (χ0) is 37.8. The van der Waals surface area contributed by atoms with Crippen LogP contribution in [-0.4, -0.2) is 129 Å². The molecule has 292 valence electrons. The predicted octanol–water partition coefficient (Wildman–Crippen LogP) is 3.87. The number of nitrogens with one attached hydrogen (secondary N) is 1. The smallest absolute Gasteiger partial charge is 0.274 e. The number of aromatic nitrogens is 3. The Labute approximate surface area is 317 Å². The number of carbonyl (C=O) groups excluding carboxylic acids is 1. The van der Waals surface area contributed by atoms with Crippen molar-refractivity contribution in [2.45, 2.75) is 32.4 Å². The van der Waals surface area contributed by atoms with Gasteiger partial charge < -0.3 is 49.1 Å². The summed E-state index contributed by atoms with van der Waals surface area (Å²) < 4.78 is 34.9. The normalized spacial score (nSPS) is 14.7. The van der Waals surface area contributed by atoms with E-state index >= 15 is 0 Å². The molecule has 1 amide bonds. The zero-order valence-electron chi connectivity index (χ0n) is 31.2. The fourth-order valence-corrected chi connectivity index (χ4v) is 5.98. The van der Waals surface area contributed by atoms with Crippen LogP contribution in [0.15, 0.2) is 73.3 Å². The molecule has 1 saturated heterocycles. The second-order valence-electron chi connectivity index (χ2n) is 13.0. The van der Waals surface area contributed by atoms with Gasteiger partial charge in [0.25, 0.3) is 5.91 Å². The largest absolute Gasteiger partial charge is 0.491 e. The van der Waals surface area contributed by atoms with E-state index in [1.165, 1.54) is 0 Å². The first kappa shape index (κ1) is 40.9. The van der Waals surface area contributed by atoms with Crippen LogP contribution in [0.4, 0.5) is 5.69 Å². The fourth-order valence-electron chi connectivity index (χ4n) is 5.98. The highest BCUT2D eigenvalue weighted by Crippen LogP contribution is 2.25. The van der Waals surface area contributed by atoms with E-state index in [9.17, 15) is 4.79 Å². The summed E-state index contributed by atoms with van der Waals surface area (Å²) in [5, 5.41) is 11.7. The van der Waals surface area contributed by atoms with Gasteiger partial charge in [0.05, 0.1) is 84.7 Å². The summed E-state index contributed by atoms with van der Waals surface area (Å²) in [6.45, 7) is 9.52. The van der Waals surface area contributed by atoms with Crippen molar-refractivity contribution in [2.24, 2.45) is 5.73 Å². The van der Waals surface area contributed by atoms with E-state index in [1.807, 2.05) is 60.2 Å². The number of nitrogens with two attached hydrogens (primary N) is 1. The summed E-state index contributed by atoms with van der Waals surface area (Å²) in [4.78, 5) is 24.6. The van der Waals surface area contributed by atoms with Gasteiger partial charge in [0, 0.05) is 42.9 Å². The molecular formula is C40H54N6O8. The summed E-state index contributed by atoms with van der Waals surface area (Å²) in [6.07, 6.45) is 7.53. The number of rotatable bonds is 24. The van der Waals surface area contributed by atoms with E-state index in [0.29, 0.717) is 84.1 Å². The van der Waals surface area contributed by atoms with Crippen LogP contribution >= 0.6 is 0 Å². The van der Waals surface area contributed by atoms with Gasteiger partial charge in [-0.2, -0.15) is 0 Å². The van der Waals surface area contributed by atoms with Crippen molar-refractivity contribution in [3.8, 4) is 22.6 Å². The number of benzene rings is 2. The van der Waals surface area contributed by atoms with Gasteiger partial charge in [0.15, 0.2) is 0 Å². The van der Waals surface area contributed by atoms with E-state index in [-0.39, 0.29) is 18.6 Å². The molecule has 1 atom stereocenters. The Kier molecular flexibility index (Phi) is 17.3. The summed E-state index contributed by atoms with van der Waals surface area (Å²) in [5.41, 5.74) is 12.0. The van der Waals surface area contributed by atoms with Crippen molar-refractivity contribution in [2.75, 3.05) is 97.7 Å². The number of hydrogen-bond acceptors (Lipinski definition) is 12. The van der Waals surface area contributed by atoms with Gasteiger partial charge in [-0.3, -0.25) is 14.7 Å². The molecule has 1 fully saturated rings. The van der Waals surface area contributed by atoms with Gasteiger partial charge in [-0.15, -0.1) is 0 Å². The average Bonchev–Trinajstić information content (AvgIpc) is 3.62. The molecule has 0 bridgehead atoms. The molecule has 54 heavy (non-hydrogen) atoms. The first-order valence-corrected chi connectivity index (χ1v) is 18.6. The van der Waals surface area contributed by atoms with Crippen molar-refractivity contribution in [1.29, 1.82) is 0 Å². The van der Waals surface area contributed by atoms with E-state index in [4.69, 9.17) is 39.3 Å². The lowest BCUT2D eigenvalue weighted by Crippen LogP contribution is -2.42. The lowest BCUT2D eigenvalue weighted by atomic mass is 10.0. The van der Waals surface area contributed by atoms with Gasteiger partial charge in [-0.25, -0.2) is 4.98 Å². The number of aryl methyl sites for hydroxylation is 1. The third kappa shape index (κ3) is 14.2. The second-order valence-corrected chi connectivity index (χ2v) is 13.0. The topological polar surface area (TPSA) is 165 Å². The van der Waals surface area contributed by atoms with Crippen molar-refractivity contribution in [1.82, 2.24) is 19.4 Å². The summed E-state index contributed by atoms with van der Waals surface area (Å²) >= 11 is 0. The molecule has 0 radical (unpaired) electrons. The second kappa shape index (κ2) is 22.8. The number of aliphatic hydroxyl groups excluding tert-OH is 1. The predicted molar refractivity (Wildman–Crippen MR) is 205 cm³/mol. The van der Waals surface area contributed by atoms with E-state index < -0.39 is 0 Å². The molecule has 0 aliphatic carbocycles. The van der Waals surface area contributed by atoms with Gasteiger partial charge in [-0.05, 0) is 85.5 Å². The number of amides is 1. The van der Waals surface area contributed by atoms with Crippen LogP contribution in [-0.2, 0) is 30.2 Å². The van der Waals surface area contributed by atoms with E-state index in [1.54, 1.807) is 18.6 Å². The number of nitrogens with zero attached hydrogens (tertiary/aromatic N) is 4. The highest BCUT2D eigenvalue weighted by Gasteiger charge is 2.18. The molecule has 2 aromatic heterocycles. The molecule has 2 aromatic carbocycles. The summed E-state index contributed by atoms with van der Waals surface area (Å²) in [6, 6.07) is 17.7. The maximum atomic E-state index is 13.5. The van der Waals surface area contributed by atoms with Crippen molar-refractivity contribution in [3.05, 3.63) is 90.3 Å². The minimum absolute atomic E-state index is 0.0154. The number of likely N-dealkylation sites (tertiary alicyclic amines) is 1. The van der Waals surface area contributed by atoms with Crippen LogP contribution in [0.2, 0.25) is 0 Å². The van der Waals surface area contributed by atoms with Crippen molar-refractivity contribution >= 4 is 11.6 Å². The van der Waals surface area contributed by atoms with Gasteiger partial charge in [0.1, 0.15) is 18.1 Å². The van der Waals surface area contributed by atoms with Crippen LogP contribution in [0, 0.1) is 6.92 Å². The quantitative estimate of drug-likeness (QED) is 0.0889. The van der Waals surface area contributed by atoms with Crippen LogP contribution < -0.4 is 15.8 Å². The Hall–Kier alpha value is -4.25. The van der Waals surface area contributed by atoms with Gasteiger partial charge >= 0.3 is 0 Å². The lowest BCUT2D eigenvalue weighted by molar-refractivity contribution is -0.0146. The molecule has 3 heterocycles. The number of hydrogen-bond donors (Lipinski definition) is 3. The Morgan fingerprint density at radius 3 is 2.13 bits per heavy atom. The van der Waals surface area contributed by atoms with Crippen molar-refractivity contribution in [3.63, 3.8) is 0 Å². The molecule has 5 rings (SSSR count). The Bertz CT molecular complexity index is 1690. The van der Waals surface area contributed by atoms with Crippen LogP contribution in [0.1, 0.15) is 34.6 Å². The molecular weight excluding hydrogens is 692 g/mol. The molecule has 14 heteroatoms. The zero-order valence-corrected chi connectivity index (χ0v) is 31.2. The Morgan fingerprint density at radius 1 is 0.833 bits per heavy atom. The molecule has 1 aliphatic rings. The molecule has 1 aliphatic heterocycles. The van der Waals surface area contributed by atoms with Crippen LogP contribution in [0.3, 0.4) is 0 Å². The van der Waals surface area contributed by atoms with Gasteiger partial charge in [-0.1, -0.05) is 12.1 Å². The maximum absolute atomic E-state index is 13.5. The highest BCUT2D eigenvalue weighted by molar-refractivity contribution is 6.03. The monoisotopic (exact) mass is 746 g/mol. The SMILES string of the molecule is Cc1cn(-c2cc(CN3CCC[C@H](N)C3)cc(NC(=O)c3cc(-c4ccc(OCCOCCOCCOCCOCCOCCO)cc4)ccn3)c2)cn1. The Morgan fingerprint density at radius 2 is 1.50 bits per heavy atom. The third-order valence-electron chi connectivity index (χ3n) is 8.59. The highest BCUT2D eigenvalue weighted by atomic mass is 16.6. The van der Waals surface area contributed by atoms with Crippen LogP contribution in [0.25, 0.3) is 16.8 Å². The number of aliphatic hydroxyl groups is 1. The summed E-state index contributed by atoms with van der Waals surface area (Å²) in [7, 11) is 0. The maximum Gasteiger partial charge on any atom is 0.274 e. The number of imidazole rings is 1. The first-order valence-electron chi connectivity index (χ1n) is 18.6. The minimum Gasteiger partial charge on any atom is -0.491 e. The molecule has 14 nitrogen and oxygen atoms in total. The number of ether oxygens (including phenoxy) is 6. The van der Waals surface area contributed by atoms with E-state index in [2.05, 4.69) is 26.3 Å². The average molecular weight is 747 g/mol. The first-order chi connectivity index (χ1) is 26.5. The standard InChI is InChI=1S/C40H54N6O8/c1-31-27-46(30-43-31)37-24-32(28-45-10-2-3-35(41)29-45)23-36(26-37)44-40(48)39-25-34(8-9-42-39)33-4-6-38(7-5-33)54-22-21-53-20-19-52-18-17-51-16-15-50-14-13-49-12-11-47/h4-9,23-27,30,35,47H,2-3,10-22,28-29,41H2,1H3,(H,44,48)/t35-/m0/s1. The number of carbonyl (C=O) groups is 1. The lowest BCUT2D eigenvalue weighted by Gasteiger charge is -2.30. The molecule has 0 saturated carbocycles. The fraction of sp³-hybridized carbons (Fsp3) is 0.475. The molecule has 4 N–H and O–H groups in total. The Balaban J connectivity index is 1.03. The molecule has 0 unspecified atom stereocenters. The molecule has 4 aromatic rings. The summed E-state index contributed by atoms with van der Waals surface area (Å²) in [5.74, 6) is 0.430. The minimum atomic E-state index is -0.292. The molecule has 0 spiro atoms. The van der Waals surface area contributed by atoms with Gasteiger partial charge in [0.2, 0.25) is 0 Å². The number of pyridine rings is 1. The third-order valence-corrected chi connectivity index (χ3v) is 8.59. The number of piperidine rings is 1. The van der Waals surface area contributed by atoms with Crippen molar-refractivity contribution < 1.29 is 38.3 Å². The van der Waals surface area contributed by atoms with Crippen LogP contribution in [0.5, 0.6) is 5.75 Å². The van der Waals surface area contributed by atoms with E-state index in [0.717, 1.165) is 66.3 Å². The number of anilines is 1.